The molecule has 0 aromatic heterocycles. The number of hydrogen-bond acceptors (Lipinski definition) is 4. The largest absolute Gasteiger partial charge is 0.467 e. The maximum Gasteiger partial charge on any atom is 0.293 e. The monoisotopic (exact) mass is 374 g/mol. The molecule has 4 nitrogen and oxygen atoms in total. The summed E-state index contributed by atoms with van der Waals surface area (Å²) in [7, 11) is 0. The molecule has 1 aromatic rings. The second-order valence-electron chi connectivity index (χ2n) is 7.88. The van der Waals surface area contributed by atoms with Crippen LogP contribution in [0.25, 0.3) is 0 Å². The Morgan fingerprint density at radius 2 is 1.59 bits per heavy atom. The molecule has 4 heteroatoms. The molecule has 0 radical (unpaired) electrons. The van der Waals surface area contributed by atoms with E-state index in [0.717, 1.165) is 12.3 Å². The van der Waals surface area contributed by atoms with Crippen LogP contribution in [0.1, 0.15) is 75.3 Å². The molecule has 1 aromatic carbocycles. The van der Waals surface area contributed by atoms with E-state index in [1.807, 2.05) is 0 Å². The Bertz CT molecular complexity index is 520. The number of hydrogen-bond donors (Lipinski definition) is 0. The predicted octanol–water partition coefficient (Wildman–Crippen LogP) is 5.05. The Labute approximate surface area is 163 Å². The average Bonchev–Trinajstić information content (AvgIpc) is 2.71. The lowest BCUT2D eigenvalue weighted by Crippen LogP contribution is -2.18. The molecule has 0 amide bonds. The van der Waals surface area contributed by atoms with Crippen molar-refractivity contribution >= 4 is 12.9 Å². The Morgan fingerprint density at radius 1 is 0.963 bits per heavy atom. The van der Waals surface area contributed by atoms with Crippen molar-refractivity contribution in [2.45, 2.75) is 70.6 Å². The molecule has 0 saturated heterocycles. The van der Waals surface area contributed by atoms with Crippen LogP contribution in [0, 0.1) is 11.8 Å². The number of benzene rings is 1. The Kier molecular flexibility index (Phi) is 9.96. The van der Waals surface area contributed by atoms with Crippen LogP contribution in [-0.2, 0) is 25.5 Å². The molecule has 0 atom stereocenters. The van der Waals surface area contributed by atoms with E-state index in [0.29, 0.717) is 18.9 Å². The highest BCUT2D eigenvalue weighted by molar-refractivity contribution is 5.37. The molecule has 150 valence electrons. The highest BCUT2D eigenvalue weighted by atomic mass is 16.5. The molecule has 2 rings (SSSR count). The topological polar surface area (TPSA) is 52.6 Å². The fourth-order valence-electron chi connectivity index (χ4n) is 4.24. The highest BCUT2D eigenvalue weighted by Gasteiger charge is 2.22. The van der Waals surface area contributed by atoms with Crippen molar-refractivity contribution in [1.29, 1.82) is 0 Å². The van der Waals surface area contributed by atoms with Crippen LogP contribution >= 0.6 is 0 Å². The van der Waals surface area contributed by atoms with E-state index in [1.165, 1.54) is 62.5 Å². The lowest BCUT2D eigenvalue weighted by Gasteiger charge is -2.29. The molecule has 1 aliphatic rings. The van der Waals surface area contributed by atoms with Gasteiger partial charge in [0.15, 0.2) is 0 Å². The SMILES string of the molecule is CCCCCC1CCC(c2ccc(CC(COC=O)COC=O)cc2)CC1. The Morgan fingerprint density at radius 3 is 2.15 bits per heavy atom. The van der Waals surface area contributed by atoms with Crippen LogP contribution in [-0.4, -0.2) is 26.2 Å². The van der Waals surface area contributed by atoms with Gasteiger partial charge in [-0.2, -0.15) is 0 Å². The molecular weight excluding hydrogens is 340 g/mol. The summed E-state index contributed by atoms with van der Waals surface area (Å²) in [5, 5.41) is 0. The van der Waals surface area contributed by atoms with Gasteiger partial charge in [0.2, 0.25) is 0 Å². The summed E-state index contributed by atoms with van der Waals surface area (Å²) in [5.74, 6) is 1.61. The molecule has 0 heterocycles. The molecule has 0 bridgehead atoms. The number of carbonyl (C=O) groups excluding carboxylic acids is 2. The van der Waals surface area contributed by atoms with Crippen LogP contribution in [0.3, 0.4) is 0 Å². The normalized spacial score (nSPS) is 19.6. The molecule has 1 fully saturated rings. The van der Waals surface area contributed by atoms with Gasteiger partial charge in [-0.3, -0.25) is 9.59 Å². The quantitative estimate of drug-likeness (QED) is 0.358. The summed E-state index contributed by atoms with van der Waals surface area (Å²) in [6.07, 6.45) is 11.6. The van der Waals surface area contributed by atoms with Gasteiger partial charge < -0.3 is 9.47 Å². The molecule has 1 aliphatic carbocycles. The van der Waals surface area contributed by atoms with E-state index in [2.05, 4.69) is 31.2 Å². The van der Waals surface area contributed by atoms with Gasteiger partial charge in [0.05, 0.1) is 13.2 Å². The van der Waals surface area contributed by atoms with E-state index in [4.69, 9.17) is 9.47 Å². The fourth-order valence-corrected chi connectivity index (χ4v) is 4.24. The van der Waals surface area contributed by atoms with Crippen LogP contribution in [0.2, 0.25) is 0 Å². The van der Waals surface area contributed by atoms with Gasteiger partial charge in [-0.05, 0) is 55.1 Å². The van der Waals surface area contributed by atoms with E-state index in [-0.39, 0.29) is 19.1 Å². The van der Waals surface area contributed by atoms with Crippen molar-refractivity contribution in [2.24, 2.45) is 11.8 Å². The molecule has 1 saturated carbocycles. The van der Waals surface area contributed by atoms with Gasteiger partial charge >= 0.3 is 0 Å². The van der Waals surface area contributed by atoms with Gasteiger partial charge in [-0.1, -0.05) is 56.9 Å². The molecule has 0 N–H and O–H groups in total. The molecular formula is C23H34O4. The van der Waals surface area contributed by atoms with Gasteiger partial charge in [0.25, 0.3) is 12.9 Å². The Balaban J connectivity index is 1.82. The van der Waals surface area contributed by atoms with E-state index in [1.54, 1.807) is 0 Å². The maximum atomic E-state index is 10.4. The standard InChI is InChI=1S/C23H34O4/c1-2-3-4-5-19-6-10-22(11-7-19)23-12-8-20(9-13-23)14-21(15-26-17-24)16-27-18-25/h8-9,12-13,17-19,21-22H,2-7,10-11,14-16H2,1H3. The molecule has 0 spiro atoms. The first kappa shape index (κ1) is 21.5. The first-order chi connectivity index (χ1) is 13.3. The zero-order chi connectivity index (χ0) is 19.3. The number of carbonyl (C=O) groups is 2. The minimum Gasteiger partial charge on any atom is -0.467 e. The average molecular weight is 375 g/mol. The number of ether oxygens (including phenoxy) is 2. The second-order valence-corrected chi connectivity index (χ2v) is 7.88. The van der Waals surface area contributed by atoms with Crippen molar-refractivity contribution in [3.63, 3.8) is 0 Å². The molecule has 27 heavy (non-hydrogen) atoms. The van der Waals surface area contributed by atoms with Crippen LogP contribution in [0.15, 0.2) is 24.3 Å². The Hall–Kier alpha value is -1.84. The van der Waals surface area contributed by atoms with Crippen molar-refractivity contribution in [2.75, 3.05) is 13.2 Å². The summed E-state index contributed by atoms with van der Waals surface area (Å²) in [4.78, 5) is 20.8. The zero-order valence-corrected chi connectivity index (χ0v) is 16.6. The van der Waals surface area contributed by atoms with Crippen molar-refractivity contribution in [3.8, 4) is 0 Å². The lowest BCUT2D eigenvalue weighted by molar-refractivity contribution is -0.133. The number of unbranched alkanes of at least 4 members (excludes halogenated alkanes) is 2. The predicted molar refractivity (Wildman–Crippen MR) is 107 cm³/mol. The maximum absolute atomic E-state index is 10.4. The summed E-state index contributed by atoms with van der Waals surface area (Å²) in [5.41, 5.74) is 2.62. The lowest BCUT2D eigenvalue weighted by atomic mass is 9.77. The van der Waals surface area contributed by atoms with Crippen molar-refractivity contribution in [1.82, 2.24) is 0 Å². The van der Waals surface area contributed by atoms with Gasteiger partial charge in [0, 0.05) is 5.92 Å². The molecule has 0 aliphatic heterocycles. The highest BCUT2D eigenvalue weighted by Crippen LogP contribution is 2.37. The minimum atomic E-state index is -0.00944. The van der Waals surface area contributed by atoms with E-state index in [9.17, 15) is 9.59 Å². The summed E-state index contributed by atoms with van der Waals surface area (Å²) >= 11 is 0. The smallest absolute Gasteiger partial charge is 0.293 e. The van der Waals surface area contributed by atoms with E-state index < -0.39 is 0 Å². The van der Waals surface area contributed by atoms with Crippen molar-refractivity contribution in [3.05, 3.63) is 35.4 Å². The van der Waals surface area contributed by atoms with Gasteiger partial charge in [0.1, 0.15) is 0 Å². The number of rotatable bonds is 13. The van der Waals surface area contributed by atoms with Crippen LogP contribution in [0.4, 0.5) is 0 Å². The first-order valence-corrected chi connectivity index (χ1v) is 10.5. The fraction of sp³-hybridized carbons (Fsp3) is 0.652. The van der Waals surface area contributed by atoms with Crippen LogP contribution in [0.5, 0.6) is 0 Å². The van der Waals surface area contributed by atoms with Crippen LogP contribution < -0.4 is 0 Å². The summed E-state index contributed by atoms with van der Waals surface area (Å²) in [6, 6.07) is 8.82. The minimum absolute atomic E-state index is 0.00944. The van der Waals surface area contributed by atoms with Gasteiger partial charge in [-0.25, -0.2) is 0 Å². The second kappa shape index (κ2) is 12.5. The summed E-state index contributed by atoms with van der Waals surface area (Å²) in [6.45, 7) is 3.68. The zero-order valence-electron chi connectivity index (χ0n) is 16.6. The third-order valence-electron chi connectivity index (χ3n) is 5.84. The van der Waals surface area contributed by atoms with Gasteiger partial charge in [-0.15, -0.1) is 0 Å². The molecule has 0 unspecified atom stereocenters. The third-order valence-corrected chi connectivity index (χ3v) is 5.84. The van der Waals surface area contributed by atoms with Crippen molar-refractivity contribution < 1.29 is 19.1 Å². The van der Waals surface area contributed by atoms with E-state index >= 15 is 0 Å². The summed E-state index contributed by atoms with van der Waals surface area (Å²) < 4.78 is 9.70. The third kappa shape index (κ3) is 7.74. The first-order valence-electron chi connectivity index (χ1n) is 10.5.